The molecular weight excluding hydrogens is 222 g/mol. The first-order chi connectivity index (χ1) is 4.50. The average molecular weight is 238 g/mol. The summed E-state index contributed by atoms with van der Waals surface area (Å²) in [7, 11) is -2.87. The van der Waals surface area contributed by atoms with Crippen LogP contribution in [0.5, 0.6) is 0 Å². The summed E-state index contributed by atoms with van der Waals surface area (Å²) in [4.78, 5) is 14.2. The van der Waals surface area contributed by atoms with Gasteiger partial charge in [-0.3, -0.25) is 0 Å². The van der Waals surface area contributed by atoms with Crippen LogP contribution >= 0.6 is 33.1 Å². The topological polar surface area (TPSA) is 57.5 Å². The molecule has 6 heteroatoms. The summed E-state index contributed by atoms with van der Waals surface area (Å²) in [6.45, 7) is 6.38. The normalized spacial score (nSPS) is 6.08. The lowest BCUT2D eigenvalue weighted by Crippen LogP contribution is -1.58. The van der Waals surface area contributed by atoms with Gasteiger partial charge in [0.25, 0.3) is 0 Å². The van der Waals surface area contributed by atoms with E-state index in [1.54, 1.807) is 0 Å². The third-order valence-electron chi connectivity index (χ3n) is 0.612. The van der Waals surface area contributed by atoms with Crippen molar-refractivity contribution in [1.29, 1.82) is 0 Å². The summed E-state index contributed by atoms with van der Waals surface area (Å²) >= 11 is 0. The molecule has 0 fully saturated rings. The highest BCUT2D eigenvalue weighted by atomic mass is 35.5. The monoisotopic (exact) mass is 237 g/mol. The molecule has 0 aliphatic rings. The highest BCUT2D eigenvalue weighted by Gasteiger charge is 1.93. The first-order valence-corrected chi connectivity index (χ1v) is 4.15. The summed E-state index contributed by atoms with van der Waals surface area (Å²) in [5.74, 6) is 0. The third kappa shape index (κ3) is 80.9. The Hall–Kier alpha value is 0.340. The van der Waals surface area contributed by atoms with Gasteiger partial charge in [0.05, 0.1) is 0 Å². The van der Waals surface area contributed by atoms with Crippen molar-refractivity contribution in [3.8, 4) is 0 Å². The first-order valence-electron chi connectivity index (χ1n) is 2.99. The summed E-state index contributed by atoms with van der Waals surface area (Å²) in [5.41, 5.74) is 1.41. The van der Waals surface area contributed by atoms with Crippen LogP contribution in [-0.4, -0.2) is 9.79 Å². The van der Waals surface area contributed by atoms with E-state index in [0.717, 1.165) is 0 Å². The fraction of sp³-hybridized carbons (Fsp3) is 0.667. The molecule has 0 aromatic carbocycles. The maximum atomic E-state index is 8.70. The number of rotatable bonds is 1. The molecule has 0 saturated heterocycles. The molecule has 0 aromatic heterocycles. The zero-order chi connectivity index (χ0) is 8.57. The summed E-state index contributed by atoms with van der Waals surface area (Å²) in [5, 5.41) is 0. The van der Waals surface area contributed by atoms with Crippen LogP contribution in [0.3, 0.4) is 0 Å². The minimum absolute atomic E-state index is 0. The van der Waals surface area contributed by atoms with Crippen molar-refractivity contribution in [2.45, 2.75) is 27.2 Å². The second-order valence-electron chi connectivity index (χ2n) is 1.94. The SMILES string of the molecule is CCC=C(C)C.Cl.Cl.O=[P+](O)O. The van der Waals surface area contributed by atoms with E-state index in [0.29, 0.717) is 0 Å². The largest absolute Gasteiger partial charge is 0.692 e. The van der Waals surface area contributed by atoms with E-state index >= 15 is 0 Å². The van der Waals surface area contributed by atoms with Crippen molar-refractivity contribution >= 4 is 33.1 Å². The predicted octanol–water partition coefficient (Wildman–Crippen LogP) is 2.83. The summed E-state index contributed by atoms with van der Waals surface area (Å²) < 4.78 is 8.70. The first kappa shape index (κ1) is 22.8. The van der Waals surface area contributed by atoms with Gasteiger partial charge in [-0.25, -0.2) is 0 Å². The Bertz CT molecular complexity index is 120. The molecule has 2 N–H and O–H groups in total. The predicted molar refractivity (Wildman–Crippen MR) is 56.3 cm³/mol. The van der Waals surface area contributed by atoms with Crippen molar-refractivity contribution in [1.82, 2.24) is 0 Å². The Labute approximate surface area is 86.7 Å². The van der Waals surface area contributed by atoms with Crippen LogP contribution in [0.4, 0.5) is 0 Å². The lowest BCUT2D eigenvalue weighted by atomic mass is 10.3. The molecule has 0 spiro atoms. The van der Waals surface area contributed by atoms with E-state index in [-0.39, 0.29) is 24.8 Å². The lowest BCUT2D eigenvalue weighted by Gasteiger charge is -1.80. The molecule has 12 heavy (non-hydrogen) atoms. The molecule has 76 valence electrons. The Balaban J connectivity index is -0.0000000483. The van der Waals surface area contributed by atoms with Crippen molar-refractivity contribution < 1.29 is 14.4 Å². The Morgan fingerprint density at radius 3 is 1.58 bits per heavy atom. The van der Waals surface area contributed by atoms with E-state index in [2.05, 4.69) is 26.8 Å². The van der Waals surface area contributed by atoms with E-state index in [1.807, 2.05) is 0 Å². The van der Waals surface area contributed by atoms with Gasteiger partial charge in [-0.2, -0.15) is 0 Å². The van der Waals surface area contributed by atoms with E-state index in [9.17, 15) is 0 Å². The fourth-order valence-corrected chi connectivity index (χ4v) is 0.408. The Kier molecular flexibility index (Phi) is 33.1. The van der Waals surface area contributed by atoms with Crippen LogP contribution in [0, 0.1) is 0 Å². The van der Waals surface area contributed by atoms with Gasteiger partial charge in [-0.05, 0) is 20.3 Å². The second kappa shape index (κ2) is 17.4. The Morgan fingerprint density at radius 1 is 1.33 bits per heavy atom. The molecule has 0 aromatic rings. The minimum atomic E-state index is -2.87. The zero-order valence-corrected chi connectivity index (χ0v) is 9.88. The highest BCUT2D eigenvalue weighted by Crippen LogP contribution is 1.98. The Morgan fingerprint density at radius 2 is 1.58 bits per heavy atom. The van der Waals surface area contributed by atoms with Crippen LogP contribution in [0.2, 0.25) is 0 Å². The number of allylic oxidation sites excluding steroid dienone is 2. The third-order valence-corrected chi connectivity index (χ3v) is 0.612. The maximum Gasteiger partial charge on any atom is 0.692 e. The van der Waals surface area contributed by atoms with Crippen molar-refractivity contribution in [3.63, 3.8) is 0 Å². The zero-order valence-electron chi connectivity index (χ0n) is 7.35. The number of hydrogen-bond acceptors (Lipinski definition) is 1. The van der Waals surface area contributed by atoms with Gasteiger partial charge in [0.15, 0.2) is 0 Å². The van der Waals surface area contributed by atoms with Gasteiger partial charge in [0.2, 0.25) is 0 Å². The molecule has 0 atom stereocenters. The maximum absolute atomic E-state index is 8.70. The van der Waals surface area contributed by atoms with E-state index in [4.69, 9.17) is 14.4 Å². The second-order valence-corrected chi connectivity index (χ2v) is 2.45. The minimum Gasteiger partial charge on any atom is -0.147 e. The summed E-state index contributed by atoms with van der Waals surface area (Å²) in [6.07, 6.45) is 3.38. The number of halogens is 2. The molecule has 0 aliphatic heterocycles. The molecular formula is C6H16Cl2O3P+. The van der Waals surface area contributed by atoms with Crippen LogP contribution < -0.4 is 0 Å². The lowest BCUT2D eigenvalue weighted by molar-refractivity contribution is 0.405. The van der Waals surface area contributed by atoms with Gasteiger partial charge >= 0.3 is 8.25 Å². The molecule has 0 heterocycles. The van der Waals surface area contributed by atoms with Gasteiger partial charge in [0, 0.05) is 4.57 Å². The standard InChI is InChI=1S/C6H12.2ClH.HO3P/c1-4-5-6(2)3;;;1-4(2)3/h5H,4H2,1-3H3;2*1H;(H-,1,2,3)/p+1. The van der Waals surface area contributed by atoms with Crippen LogP contribution in [0.1, 0.15) is 27.2 Å². The molecule has 3 nitrogen and oxygen atoms in total. The van der Waals surface area contributed by atoms with E-state index in [1.165, 1.54) is 12.0 Å². The molecule has 0 radical (unpaired) electrons. The smallest absolute Gasteiger partial charge is 0.147 e. The molecule has 0 saturated carbocycles. The van der Waals surface area contributed by atoms with Gasteiger partial charge in [-0.15, -0.1) is 34.6 Å². The number of hydrogen-bond donors (Lipinski definition) is 2. The molecule has 0 unspecified atom stereocenters. The van der Waals surface area contributed by atoms with Crippen LogP contribution in [0.15, 0.2) is 11.6 Å². The van der Waals surface area contributed by atoms with Crippen molar-refractivity contribution in [2.75, 3.05) is 0 Å². The average Bonchev–Trinajstić information content (AvgIpc) is 1.62. The van der Waals surface area contributed by atoms with Gasteiger partial charge in [-0.1, -0.05) is 18.6 Å². The van der Waals surface area contributed by atoms with E-state index < -0.39 is 8.25 Å². The molecule has 0 amide bonds. The fourth-order valence-electron chi connectivity index (χ4n) is 0.408. The molecule has 0 bridgehead atoms. The quantitative estimate of drug-likeness (QED) is 0.545. The highest BCUT2D eigenvalue weighted by molar-refractivity contribution is 7.30. The van der Waals surface area contributed by atoms with Crippen molar-refractivity contribution in [2.24, 2.45) is 0 Å². The van der Waals surface area contributed by atoms with Crippen molar-refractivity contribution in [3.05, 3.63) is 11.6 Å². The van der Waals surface area contributed by atoms with Crippen LogP contribution in [-0.2, 0) is 4.57 Å². The van der Waals surface area contributed by atoms with Crippen LogP contribution in [0.25, 0.3) is 0 Å². The van der Waals surface area contributed by atoms with Gasteiger partial charge < -0.3 is 0 Å². The summed E-state index contributed by atoms with van der Waals surface area (Å²) in [6, 6.07) is 0. The molecule has 0 aliphatic carbocycles. The molecule has 0 rings (SSSR count). The van der Waals surface area contributed by atoms with Gasteiger partial charge in [0.1, 0.15) is 0 Å².